The van der Waals surface area contributed by atoms with Crippen LogP contribution in [0, 0.1) is 26.7 Å². The van der Waals surface area contributed by atoms with Gasteiger partial charge in [-0.1, -0.05) is 30.3 Å². The minimum atomic E-state index is -0.669. The van der Waals surface area contributed by atoms with Crippen molar-refractivity contribution in [1.82, 2.24) is 10.2 Å². The van der Waals surface area contributed by atoms with Crippen molar-refractivity contribution in [2.75, 3.05) is 7.11 Å². The Bertz CT molecular complexity index is 1320. The summed E-state index contributed by atoms with van der Waals surface area (Å²) in [7, 11) is 1.56. The third kappa shape index (κ3) is 4.85. The molecule has 2 aromatic carbocycles. The van der Waals surface area contributed by atoms with E-state index in [0.717, 1.165) is 28.4 Å². The zero-order chi connectivity index (χ0) is 27.3. The van der Waals surface area contributed by atoms with Crippen molar-refractivity contribution in [3.63, 3.8) is 0 Å². The molecule has 7 rings (SSSR count). The van der Waals surface area contributed by atoms with E-state index in [1.165, 1.54) is 24.2 Å². The Hall–Kier alpha value is -2.88. The largest absolute Gasteiger partial charge is 0.493 e. The molecule has 2 aromatic rings. The predicted molar refractivity (Wildman–Crippen MR) is 155 cm³/mol. The van der Waals surface area contributed by atoms with Gasteiger partial charge in [-0.25, -0.2) is 4.79 Å². The van der Waals surface area contributed by atoms with Crippen LogP contribution in [0.1, 0.15) is 56.6 Å². The normalized spacial score (nSPS) is 29.5. The van der Waals surface area contributed by atoms with Gasteiger partial charge in [0.15, 0.2) is 11.5 Å². The number of rotatable bonds is 7. The lowest BCUT2D eigenvalue weighted by Crippen LogP contribution is -2.63. The summed E-state index contributed by atoms with van der Waals surface area (Å²) >= 11 is 2.17. The lowest BCUT2D eigenvalue weighted by atomic mass is 9.47. The van der Waals surface area contributed by atoms with Crippen LogP contribution in [0.3, 0.4) is 0 Å². The molecule has 4 bridgehead atoms. The highest BCUT2D eigenvalue weighted by Crippen LogP contribution is 2.62. The van der Waals surface area contributed by atoms with Crippen molar-refractivity contribution < 1.29 is 23.9 Å². The zero-order valence-electron chi connectivity index (χ0n) is 22.2. The second-order valence-electron chi connectivity index (χ2n) is 11.8. The summed E-state index contributed by atoms with van der Waals surface area (Å²) in [5, 5.41) is 2.44. The molecule has 7 nitrogen and oxygen atoms in total. The number of amides is 4. The molecule has 0 radical (unpaired) electrons. The number of barbiturate groups is 1. The molecule has 1 heterocycles. The summed E-state index contributed by atoms with van der Waals surface area (Å²) in [5.41, 5.74) is 1.56. The number of nitrogens with zero attached hydrogens (tertiary/aromatic N) is 1. The molecule has 0 aromatic heterocycles. The SMILES string of the molecule is COc1cc(C=C2C(=O)NC(=O)N(C(C)C34CC5CC(CC(C5)C3)C4)C2=O)cc(I)c1OCc1ccccc1. The van der Waals surface area contributed by atoms with Crippen LogP contribution < -0.4 is 14.8 Å². The van der Waals surface area contributed by atoms with E-state index in [9.17, 15) is 14.4 Å². The van der Waals surface area contributed by atoms with Crippen molar-refractivity contribution in [1.29, 1.82) is 0 Å². The molecule has 0 spiro atoms. The van der Waals surface area contributed by atoms with Crippen LogP contribution in [-0.4, -0.2) is 35.9 Å². The maximum Gasteiger partial charge on any atom is 0.331 e. The number of hydrogen-bond donors (Lipinski definition) is 1. The van der Waals surface area contributed by atoms with Crippen molar-refractivity contribution in [2.45, 2.75) is 58.1 Å². The standard InChI is InChI=1S/C31H33IN2O5/c1-18(31-14-21-8-22(15-31)10-23(9-21)16-31)34-29(36)24(28(35)33-30(34)37)11-20-12-25(32)27(26(13-20)38-2)39-17-19-6-4-3-5-7-19/h3-7,11-13,18,21-23H,8-10,14-17H2,1-2H3,(H,33,35,37). The van der Waals surface area contributed by atoms with Crippen LogP contribution in [0.5, 0.6) is 11.5 Å². The van der Waals surface area contributed by atoms with Crippen LogP contribution in [0.25, 0.3) is 6.08 Å². The van der Waals surface area contributed by atoms with Gasteiger partial charge in [0, 0.05) is 6.04 Å². The Morgan fingerprint density at radius 1 is 1.05 bits per heavy atom. The lowest BCUT2D eigenvalue weighted by Gasteiger charge is -2.60. The molecule has 1 atom stereocenters. The highest BCUT2D eigenvalue weighted by atomic mass is 127. The second-order valence-corrected chi connectivity index (χ2v) is 12.9. The molecular formula is C31H33IN2O5. The summed E-state index contributed by atoms with van der Waals surface area (Å²) in [4.78, 5) is 41.0. The van der Waals surface area contributed by atoms with Crippen molar-refractivity contribution in [3.8, 4) is 11.5 Å². The first-order valence-electron chi connectivity index (χ1n) is 13.7. The summed E-state index contributed by atoms with van der Waals surface area (Å²) in [6, 6.07) is 12.6. The molecule has 1 N–H and O–H groups in total. The van der Waals surface area contributed by atoms with Crippen molar-refractivity contribution in [3.05, 3.63) is 62.7 Å². The molecule has 1 unspecified atom stereocenters. The van der Waals surface area contributed by atoms with Gasteiger partial charge in [0.05, 0.1) is 10.7 Å². The van der Waals surface area contributed by atoms with Crippen LogP contribution >= 0.6 is 22.6 Å². The third-order valence-corrected chi connectivity index (χ3v) is 10.1. The number of imide groups is 2. The maximum atomic E-state index is 13.8. The maximum absolute atomic E-state index is 13.8. The summed E-state index contributed by atoms with van der Waals surface area (Å²) in [5.74, 6) is 1.98. The number of halogens is 1. The molecule has 4 amide bonds. The Kier molecular flexibility index (Phi) is 6.93. The average molecular weight is 641 g/mol. The molecule has 5 fully saturated rings. The number of carbonyl (C=O) groups excluding carboxylic acids is 3. The number of methoxy groups -OCH3 is 1. The lowest BCUT2D eigenvalue weighted by molar-refractivity contribution is -0.139. The van der Waals surface area contributed by atoms with Crippen molar-refractivity contribution in [2.24, 2.45) is 23.2 Å². The van der Waals surface area contributed by atoms with Gasteiger partial charge in [-0.15, -0.1) is 0 Å². The van der Waals surface area contributed by atoms with Gasteiger partial charge in [0.25, 0.3) is 11.8 Å². The molecule has 1 aliphatic heterocycles. The van der Waals surface area contributed by atoms with Crippen LogP contribution in [-0.2, 0) is 16.2 Å². The van der Waals surface area contributed by atoms with Crippen LogP contribution in [0.4, 0.5) is 4.79 Å². The minimum Gasteiger partial charge on any atom is -0.493 e. The minimum absolute atomic E-state index is 0.0398. The number of hydrogen-bond acceptors (Lipinski definition) is 5. The van der Waals surface area contributed by atoms with E-state index in [1.807, 2.05) is 43.3 Å². The fourth-order valence-electron chi connectivity index (χ4n) is 7.85. The Morgan fingerprint density at radius 3 is 2.31 bits per heavy atom. The van der Waals surface area contributed by atoms with E-state index >= 15 is 0 Å². The molecular weight excluding hydrogens is 607 g/mol. The molecule has 8 heteroatoms. The zero-order valence-corrected chi connectivity index (χ0v) is 24.4. The van der Waals surface area contributed by atoms with Gasteiger partial charge >= 0.3 is 6.03 Å². The fourth-order valence-corrected chi connectivity index (χ4v) is 8.63. The van der Waals surface area contributed by atoms with Gasteiger partial charge in [0.1, 0.15) is 12.2 Å². The monoisotopic (exact) mass is 640 g/mol. The van der Waals surface area contributed by atoms with E-state index in [2.05, 4.69) is 27.9 Å². The molecule has 39 heavy (non-hydrogen) atoms. The van der Waals surface area contributed by atoms with Crippen molar-refractivity contribution >= 4 is 46.5 Å². The van der Waals surface area contributed by atoms with Gasteiger partial charge in [-0.05, 0) is 121 Å². The van der Waals surface area contributed by atoms with E-state index in [-0.39, 0.29) is 17.0 Å². The number of carbonyl (C=O) groups is 3. The predicted octanol–water partition coefficient (Wildman–Crippen LogP) is 5.95. The Labute approximate surface area is 242 Å². The number of benzene rings is 2. The summed E-state index contributed by atoms with van der Waals surface area (Å²) in [6.45, 7) is 2.39. The molecule has 4 aliphatic carbocycles. The van der Waals surface area contributed by atoms with Gasteiger partial charge in [-0.3, -0.25) is 19.8 Å². The average Bonchev–Trinajstić information content (AvgIpc) is 2.90. The van der Waals surface area contributed by atoms with Crippen LogP contribution in [0.2, 0.25) is 0 Å². The van der Waals surface area contributed by atoms with E-state index in [4.69, 9.17) is 9.47 Å². The van der Waals surface area contributed by atoms with Gasteiger partial charge in [0.2, 0.25) is 0 Å². The Balaban J connectivity index is 1.27. The molecule has 1 saturated heterocycles. The van der Waals surface area contributed by atoms with Gasteiger partial charge in [-0.2, -0.15) is 0 Å². The summed E-state index contributed by atoms with van der Waals surface area (Å²) < 4.78 is 12.4. The van der Waals surface area contributed by atoms with E-state index in [1.54, 1.807) is 19.3 Å². The first-order chi connectivity index (χ1) is 18.8. The molecule has 5 aliphatic rings. The smallest absolute Gasteiger partial charge is 0.331 e. The first-order valence-corrected chi connectivity index (χ1v) is 14.8. The fraction of sp³-hybridized carbons (Fsp3) is 0.452. The molecule has 204 valence electrons. The topological polar surface area (TPSA) is 84.9 Å². The third-order valence-electron chi connectivity index (χ3n) is 9.28. The van der Waals surface area contributed by atoms with E-state index in [0.29, 0.717) is 41.4 Å². The number of urea groups is 1. The highest BCUT2D eigenvalue weighted by Gasteiger charge is 2.56. The van der Waals surface area contributed by atoms with Gasteiger partial charge < -0.3 is 9.47 Å². The number of ether oxygens (including phenoxy) is 2. The molecule has 4 saturated carbocycles. The first kappa shape index (κ1) is 26.3. The van der Waals surface area contributed by atoms with Crippen LogP contribution in [0.15, 0.2) is 48.0 Å². The summed E-state index contributed by atoms with van der Waals surface area (Å²) in [6.07, 6.45) is 8.57. The Morgan fingerprint density at radius 2 is 1.69 bits per heavy atom. The number of nitrogens with one attached hydrogen (secondary N) is 1. The highest BCUT2D eigenvalue weighted by molar-refractivity contribution is 14.1. The second kappa shape index (κ2) is 10.3. The van der Waals surface area contributed by atoms with E-state index < -0.39 is 17.8 Å². The quantitative estimate of drug-likeness (QED) is 0.230.